The molecule has 5 rings (SSSR count). The number of pyridine rings is 2. The highest BCUT2D eigenvalue weighted by atomic mass is 19.1. The van der Waals surface area contributed by atoms with Crippen LogP contribution in [0.3, 0.4) is 0 Å². The molecule has 3 aromatic heterocycles. The van der Waals surface area contributed by atoms with Gasteiger partial charge in [0, 0.05) is 72.5 Å². The summed E-state index contributed by atoms with van der Waals surface area (Å²) in [6.45, 7) is 1.17. The predicted molar refractivity (Wildman–Crippen MR) is 123 cm³/mol. The molecule has 166 valence electrons. The molecule has 0 aliphatic heterocycles. The van der Waals surface area contributed by atoms with Gasteiger partial charge < -0.3 is 14.8 Å². The van der Waals surface area contributed by atoms with Gasteiger partial charge in [0.05, 0.1) is 11.6 Å². The Bertz CT molecular complexity index is 1230. The minimum Gasteiger partial charge on any atom is -0.391 e. The largest absolute Gasteiger partial charge is 0.391 e. The molecule has 7 heteroatoms. The maximum atomic E-state index is 14.6. The molecule has 1 saturated carbocycles. The standard InChI is InChI=1S/C25H28FN5O/c1-30(16-19-12-17-4-2-8-27-22(17)14-21(19)26)23-7-6-20(13-24(23)32)29-15-18-5-3-10-31-11-9-28-25(18)31/h2-5,8-12,14,20,23-24,29,32H,6-7,13,15-16H2,1H3/t20-,23-,24?/m0/s1. The monoisotopic (exact) mass is 433 g/mol. The van der Waals surface area contributed by atoms with E-state index in [1.54, 1.807) is 12.4 Å². The van der Waals surface area contributed by atoms with Crippen molar-refractivity contribution in [1.29, 1.82) is 0 Å². The van der Waals surface area contributed by atoms with Gasteiger partial charge in [-0.3, -0.25) is 9.88 Å². The number of rotatable bonds is 6. The van der Waals surface area contributed by atoms with Crippen molar-refractivity contribution in [3.05, 3.63) is 78.1 Å². The smallest absolute Gasteiger partial charge is 0.141 e. The van der Waals surface area contributed by atoms with E-state index in [4.69, 9.17) is 0 Å². The SMILES string of the molecule is CN(Cc1cc2cccnc2cc1F)[C@H]1CC[C@H](NCc2cccn3ccnc23)CC1O. The van der Waals surface area contributed by atoms with Crippen LogP contribution in [0, 0.1) is 5.82 Å². The van der Waals surface area contributed by atoms with Gasteiger partial charge in [0.1, 0.15) is 11.5 Å². The summed E-state index contributed by atoms with van der Waals surface area (Å²) < 4.78 is 16.6. The molecular formula is C25H28FN5O. The molecule has 0 bridgehead atoms. The number of nitrogens with one attached hydrogen (secondary N) is 1. The molecule has 2 N–H and O–H groups in total. The summed E-state index contributed by atoms with van der Waals surface area (Å²) in [5.74, 6) is -0.249. The third kappa shape index (κ3) is 4.24. The number of imidazole rings is 1. The molecule has 1 aliphatic rings. The molecule has 32 heavy (non-hydrogen) atoms. The van der Waals surface area contributed by atoms with Gasteiger partial charge in [-0.15, -0.1) is 0 Å². The highest BCUT2D eigenvalue weighted by Gasteiger charge is 2.31. The molecule has 0 saturated heterocycles. The van der Waals surface area contributed by atoms with Gasteiger partial charge in [0.15, 0.2) is 0 Å². The van der Waals surface area contributed by atoms with Crippen molar-refractivity contribution in [2.24, 2.45) is 0 Å². The quantitative estimate of drug-likeness (QED) is 0.487. The molecule has 0 amide bonds. The second-order valence-electron chi connectivity index (χ2n) is 8.77. The summed E-state index contributed by atoms with van der Waals surface area (Å²) >= 11 is 0. The first-order chi connectivity index (χ1) is 15.6. The van der Waals surface area contributed by atoms with E-state index < -0.39 is 6.10 Å². The number of likely N-dealkylation sites (N-methyl/N-ethyl adjacent to an activating group) is 1. The van der Waals surface area contributed by atoms with Crippen LogP contribution in [-0.2, 0) is 13.1 Å². The highest BCUT2D eigenvalue weighted by molar-refractivity contribution is 5.79. The molecule has 1 unspecified atom stereocenters. The minimum atomic E-state index is -0.460. The van der Waals surface area contributed by atoms with Crippen LogP contribution in [0.15, 0.2) is 61.2 Å². The van der Waals surface area contributed by atoms with Crippen LogP contribution < -0.4 is 5.32 Å². The second kappa shape index (κ2) is 8.94. The number of nitrogens with zero attached hydrogens (tertiary/aromatic N) is 4. The van der Waals surface area contributed by atoms with E-state index >= 15 is 0 Å². The van der Waals surface area contributed by atoms with Crippen LogP contribution in [0.5, 0.6) is 0 Å². The Hall–Kier alpha value is -2.87. The topological polar surface area (TPSA) is 65.7 Å². The lowest BCUT2D eigenvalue weighted by atomic mass is 9.87. The van der Waals surface area contributed by atoms with Crippen molar-refractivity contribution in [1.82, 2.24) is 24.6 Å². The van der Waals surface area contributed by atoms with Crippen molar-refractivity contribution in [3.8, 4) is 0 Å². The van der Waals surface area contributed by atoms with Gasteiger partial charge in [-0.25, -0.2) is 9.37 Å². The number of halogens is 1. The summed E-state index contributed by atoms with van der Waals surface area (Å²) in [5, 5.41) is 15.4. The molecule has 3 atom stereocenters. The summed E-state index contributed by atoms with van der Waals surface area (Å²) in [6, 6.07) is 11.5. The predicted octanol–water partition coefficient (Wildman–Crippen LogP) is 3.53. The van der Waals surface area contributed by atoms with Gasteiger partial charge >= 0.3 is 0 Å². The highest BCUT2D eigenvalue weighted by Crippen LogP contribution is 2.26. The molecule has 0 spiro atoms. The number of hydrogen-bond acceptors (Lipinski definition) is 5. The zero-order valence-corrected chi connectivity index (χ0v) is 18.2. The van der Waals surface area contributed by atoms with Gasteiger partial charge in [-0.2, -0.15) is 0 Å². The van der Waals surface area contributed by atoms with E-state index in [2.05, 4.69) is 26.3 Å². The van der Waals surface area contributed by atoms with Gasteiger partial charge in [-0.1, -0.05) is 12.1 Å². The second-order valence-corrected chi connectivity index (χ2v) is 8.77. The first-order valence-corrected chi connectivity index (χ1v) is 11.1. The first kappa shape index (κ1) is 21.0. The Morgan fingerprint density at radius 1 is 1.12 bits per heavy atom. The molecule has 6 nitrogen and oxygen atoms in total. The van der Waals surface area contributed by atoms with Crippen LogP contribution in [0.2, 0.25) is 0 Å². The molecule has 4 aromatic rings. The zero-order chi connectivity index (χ0) is 22.1. The van der Waals surface area contributed by atoms with Crippen LogP contribution in [0.1, 0.15) is 30.4 Å². The third-order valence-corrected chi connectivity index (χ3v) is 6.62. The van der Waals surface area contributed by atoms with Crippen LogP contribution in [-0.4, -0.2) is 49.6 Å². The van der Waals surface area contributed by atoms with Gasteiger partial charge in [0.25, 0.3) is 0 Å². The fraction of sp³-hybridized carbons (Fsp3) is 0.360. The number of hydrogen-bond donors (Lipinski definition) is 2. The average Bonchev–Trinajstić information content (AvgIpc) is 3.28. The van der Waals surface area contributed by atoms with Crippen molar-refractivity contribution in [2.45, 2.75) is 50.5 Å². The summed E-state index contributed by atoms with van der Waals surface area (Å²) in [7, 11) is 1.97. The Kier molecular flexibility index (Phi) is 5.87. The van der Waals surface area contributed by atoms with E-state index in [1.165, 1.54) is 6.07 Å². The third-order valence-electron chi connectivity index (χ3n) is 6.62. The first-order valence-electron chi connectivity index (χ1n) is 11.1. The van der Waals surface area contributed by atoms with Crippen molar-refractivity contribution in [2.75, 3.05) is 7.05 Å². The Morgan fingerprint density at radius 3 is 2.91 bits per heavy atom. The molecule has 1 aromatic carbocycles. The van der Waals surface area contributed by atoms with Crippen LogP contribution in [0.25, 0.3) is 16.6 Å². The van der Waals surface area contributed by atoms with Crippen LogP contribution >= 0.6 is 0 Å². The number of fused-ring (bicyclic) bond motifs is 2. The fourth-order valence-electron chi connectivity index (χ4n) is 4.88. The van der Waals surface area contributed by atoms with E-state index in [0.29, 0.717) is 24.0 Å². The minimum absolute atomic E-state index is 0.00720. The zero-order valence-electron chi connectivity index (χ0n) is 18.2. The van der Waals surface area contributed by atoms with E-state index in [1.807, 2.05) is 48.1 Å². The normalized spacial score (nSPS) is 21.6. The van der Waals surface area contributed by atoms with Gasteiger partial charge in [-0.05, 0) is 44.5 Å². The lowest BCUT2D eigenvalue weighted by Gasteiger charge is -2.39. The fourth-order valence-corrected chi connectivity index (χ4v) is 4.88. The van der Waals surface area contributed by atoms with E-state index in [9.17, 15) is 9.50 Å². The number of aliphatic hydroxyl groups excluding tert-OH is 1. The lowest BCUT2D eigenvalue weighted by molar-refractivity contribution is 0.0172. The van der Waals surface area contributed by atoms with E-state index in [-0.39, 0.29) is 17.9 Å². The number of aliphatic hydroxyl groups is 1. The Morgan fingerprint density at radius 2 is 2.03 bits per heavy atom. The molecule has 1 fully saturated rings. The summed E-state index contributed by atoms with van der Waals surface area (Å²) in [5.41, 5.74) is 3.40. The van der Waals surface area contributed by atoms with Crippen molar-refractivity contribution < 1.29 is 9.50 Å². The van der Waals surface area contributed by atoms with Crippen LogP contribution in [0.4, 0.5) is 4.39 Å². The Labute approximate surface area is 186 Å². The van der Waals surface area contributed by atoms with Gasteiger partial charge in [0.2, 0.25) is 0 Å². The summed E-state index contributed by atoms with van der Waals surface area (Å²) in [6.07, 6.45) is 9.46. The lowest BCUT2D eigenvalue weighted by Crippen LogP contribution is -2.49. The molecule has 3 heterocycles. The average molecular weight is 434 g/mol. The number of benzene rings is 1. The molecule has 1 aliphatic carbocycles. The maximum Gasteiger partial charge on any atom is 0.141 e. The molecule has 0 radical (unpaired) electrons. The van der Waals surface area contributed by atoms with Crippen molar-refractivity contribution >= 4 is 16.6 Å². The van der Waals surface area contributed by atoms with E-state index in [0.717, 1.165) is 36.0 Å². The van der Waals surface area contributed by atoms with Crippen molar-refractivity contribution in [3.63, 3.8) is 0 Å². The number of aromatic nitrogens is 3. The maximum absolute atomic E-state index is 14.6. The summed E-state index contributed by atoms with van der Waals surface area (Å²) in [4.78, 5) is 10.7. The Balaban J connectivity index is 1.20. The molecular weight excluding hydrogens is 405 g/mol.